The number of carbonyl (C=O) groups is 2. The van der Waals surface area contributed by atoms with Gasteiger partial charge in [-0.3, -0.25) is 4.79 Å². The molecule has 0 spiro atoms. The van der Waals surface area contributed by atoms with Crippen LogP contribution in [0.2, 0.25) is 0 Å². The van der Waals surface area contributed by atoms with Gasteiger partial charge in [-0.15, -0.1) is 16.7 Å². The molecule has 122 valence electrons. The Morgan fingerprint density at radius 1 is 1.48 bits per heavy atom. The fourth-order valence-corrected chi connectivity index (χ4v) is 2.84. The van der Waals surface area contributed by atoms with Crippen LogP contribution in [-0.2, 0) is 9.59 Å². The minimum atomic E-state index is -1.08. The molecule has 9 heteroatoms. The molecule has 3 rings (SSSR count). The third-order valence-corrected chi connectivity index (χ3v) is 4.22. The Morgan fingerprint density at radius 2 is 2.26 bits per heavy atom. The number of alkyl halides is 1. The van der Waals surface area contributed by atoms with Crippen LogP contribution in [0.15, 0.2) is 18.3 Å². The van der Waals surface area contributed by atoms with Crippen molar-refractivity contribution in [3.05, 3.63) is 18.3 Å². The van der Waals surface area contributed by atoms with Gasteiger partial charge in [0.25, 0.3) is 0 Å². The quantitative estimate of drug-likeness (QED) is 0.607. The molecule has 0 radical (unpaired) electrons. The molecule has 2 atom stereocenters. The van der Waals surface area contributed by atoms with Crippen LogP contribution in [-0.4, -0.2) is 54.4 Å². The van der Waals surface area contributed by atoms with Crippen molar-refractivity contribution in [2.75, 3.05) is 6.54 Å². The molecule has 1 saturated heterocycles. The summed E-state index contributed by atoms with van der Waals surface area (Å²) in [6, 6.07) is 3.42. The first-order valence-corrected chi connectivity index (χ1v) is 7.72. The summed E-state index contributed by atoms with van der Waals surface area (Å²) in [5, 5.41) is 6.95. The average Bonchev–Trinajstić information content (AvgIpc) is 3.11. The Morgan fingerprint density at radius 3 is 3.00 bits per heavy atom. The molecule has 1 aliphatic rings. The van der Waals surface area contributed by atoms with Gasteiger partial charge < -0.3 is 9.74 Å². The molecule has 0 aromatic carbocycles. The largest absolute Gasteiger partial charge is 0.360 e. The van der Waals surface area contributed by atoms with Crippen molar-refractivity contribution in [1.82, 2.24) is 25.0 Å². The smallest absolute Gasteiger partial charge is 0.325 e. The maximum Gasteiger partial charge on any atom is 0.360 e. The van der Waals surface area contributed by atoms with E-state index < -0.39 is 16.9 Å². The lowest BCUT2D eigenvalue weighted by Gasteiger charge is -2.33. The predicted octanol–water partition coefficient (Wildman–Crippen LogP) is 0.790. The molecule has 1 fully saturated rings. The standard InChI is InChI=1S/C14H16ClN5O3/c1-9(15)12(21)19-8-4-6-14(19,2)13(22)23-20-11-10(17-18-20)5-3-7-16-11/h3,5,7,9H,4,6,8H2,1-2H3/t9-,14-/m0/s1. The molecule has 23 heavy (non-hydrogen) atoms. The molecule has 0 saturated carbocycles. The highest BCUT2D eigenvalue weighted by Crippen LogP contribution is 2.31. The van der Waals surface area contributed by atoms with E-state index in [1.54, 1.807) is 32.2 Å². The number of likely N-dealkylation sites (tertiary alicyclic amines) is 1. The first-order chi connectivity index (χ1) is 10.9. The molecule has 0 bridgehead atoms. The second kappa shape index (κ2) is 5.77. The topological polar surface area (TPSA) is 90.2 Å². The van der Waals surface area contributed by atoms with E-state index in [0.29, 0.717) is 30.6 Å². The summed E-state index contributed by atoms with van der Waals surface area (Å²) >= 11 is 5.88. The minimum absolute atomic E-state index is 0.287. The number of aromatic nitrogens is 4. The zero-order chi connectivity index (χ0) is 16.6. The van der Waals surface area contributed by atoms with E-state index in [2.05, 4.69) is 15.3 Å². The minimum Gasteiger partial charge on any atom is -0.325 e. The molecule has 8 nitrogen and oxygen atoms in total. The summed E-state index contributed by atoms with van der Waals surface area (Å²) in [4.78, 5) is 36.7. The summed E-state index contributed by atoms with van der Waals surface area (Å²) in [5.74, 6) is -0.872. The van der Waals surface area contributed by atoms with E-state index >= 15 is 0 Å². The van der Waals surface area contributed by atoms with Crippen LogP contribution in [0.3, 0.4) is 0 Å². The SMILES string of the molecule is C[C@H](Cl)C(=O)N1CCC[C@@]1(C)C(=O)On1nnc2cccnc21. The molecular weight excluding hydrogens is 322 g/mol. The fourth-order valence-electron chi connectivity index (χ4n) is 2.73. The van der Waals surface area contributed by atoms with E-state index in [0.717, 1.165) is 4.85 Å². The molecule has 2 aromatic heterocycles. The van der Waals surface area contributed by atoms with Crippen LogP contribution in [0.4, 0.5) is 0 Å². The van der Waals surface area contributed by atoms with Crippen molar-refractivity contribution in [1.29, 1.82) is 0 Å². The Hall–Kier alpha value is -2.22. The van der Waals surface area contributed by atoms with Gasteiger partial charge in [-0.05, 0) is 48.9 Å². The van der Waals surface area contributed by atoms with Gasteiger partial charge in [0.05, 0.1) is 0 Å². The molecule has 0 aliphatic carbocycles. The Bertz CT molecular complexity index is 762. The Kier molecular flexibility index (Phi) is 3.93. The molecule has 0 N–H and O–H groups in total. The van der Waals surface area contributed by atoms with Crippen LogP contribution >= 0.6 is 11.6 Å². The maximum atomic E-state index is 12.6. The summed E-state index contributed by atoms with van der Waals surface area (Å²) in [7, 11) is 0. The highest BCUT2D eigenvalue weighted by molar-refractivity contribution is 6.30. The second-order valence-electron chi connectivity index (χ2n) is 5.67. The number of hydrogen-bond donors (Lipinski definition) is 0. The lowest BCUT2D eigenvalue weighted by molar-refractivity contribution is -0.162. The molecule has 1 amide bonds. The van der Waals surface area contributed by atoms with Crippen LogP contribution in [0, 0.1) is 0 Å². The Labute approximate surface area is 137 Å². The van der Waals surface area contributed by atoms with Crippen molar-refractivity contribution < 1.29 is 14.4 Å². The summed E-state index contributed by atoms with van der Waals surface area (Å²) < 4.78 is 0. The van der Waals surface area contributed by atoms with E-state index in [1.807, 2.05) is 0 Å². The first-order valence-electron chi connectivity index (χ1n) is 7.28. The number of carbonyl (C=O) groups excluding carboxylic acids is 2. The average molecular weight is 338 g/mol. The number of hydrogen-bond acceptors (Lipinski definition) is 6. The van der Waals surface area contributed by atoms with Crippen molar-refractivity contribution in [2.24, 2.45) is 0 Å². The first kappa shape index (κ1) is 15.7. The van der Waals surface area contributed by atoms with Crippen molar-refractivity contribution >= 4 is 34.6 Å². The van der Waals surface area contributed by atoms with Crippen LogP contribution in [0.25, 0.3) is 11.2 Å². The summed E-state index contributed by atoms with van der Waals surface area (Å²) in [5.41, 5.74) is -0.224. The Balaban J connectivity index is 1.85. The number of rotatable bonds is 3. The van der Waals surface area contributed by atoms with Gasteiger partial charge in [0.2, 0.25) is 11.6 Å². The summed E-state index contributed by atoms with van der Waals surface area (Å²) in [6.07, 6.45) is 2.76. The second-order valence-corrected chi connectivity index (χ2v) is 6.33. The number of amides is 1. The van der Waals surface area contributed by atoms with Gasteiger partial charge in [0.1, 0.15) is 16.4 Å². The highest BCUT2D eigenvalue weighted by atomic mass is 35.5. The van der Waals surface area contributed by atoms with Gasteiger partial charge in [0.15, 0.2) is 0 Å². The lowest BCUT2D eigenvalue weighted by Crippen LogP contribution is -2.55. The predicted molar refractivity (Wildman–Crippen MR) is 81.6 cm³/mol. The van der Waals surface area contributed by atoms with Crippen molar-refractivity contribution in [3.8, 4) is 0 Å². The molecule has 1 aliphatic heterocycles. The number of nitrogens with zero attached hydrogens (tertiary/aromatic N) is 5. The van der Waals surface area contributed by atoms with Gasteiger partial charge >= 0.3 is 5.97 Å². The van der Waals surface area contributed by atoms with Crippen LogP contribution in [0.5, 0.6) is 0 Å². The maximum absolute atomic E-state index is 12.6. The normalized spacial score (nSPS) is 22.3. The monoisotopic (exact) mass is 337 g/mol. The molecular formula is C14H16ClN5O3. The van der Waals surface area contributed by atoms with Gasteiger partial charge in [-0.1, -0.05) is 0 Å². The lowest BCUT2D eigenvalue weighted by atomic mass is 9.99. The fraction of sp³-hybridized carbons (Fsp3) is 0.500. The molecule has 3 heterocycles. The number of fused-ring (bicyclic) bond motifs is 1. The van der Waals surface area contributed by atoms with Crippen LogP contribution < -0.4 is 4.84 Å². The van der Waals surface area contributed by atoms with Crippen molar-refractivity contribution in [2.45, 2.75) is 37.6 Å². The number of halogens is 1. The van der Waals surface area contributed by atoms with Gasteiger partial charge in [-0.25, -0.2) is 9.78 Å². The molecule has 0 unspecified atom stereocenters. The van der Waals surface area contributed by atoms with E-state index in [4.69, 9.17) is 16.4 Å². The van der Waals surface area contributed by atoms with Crippen molar-refractivity contribution in [3.63, 3.8) is 0 Å². The zero-order valence-corrected chi connectivity index (χ0v) is 13.5. The van der Waals surface area contributed by atoms with E-state index in [1.165, 1.54) is 4.90 Å². The third-order valence-electron chi connectivity index (χ3n) is 4.04. The van der Waals surface area contributed by atoms with E-state index in [-0.39, 0.29) is 5.91 Å². The molecule has 2 aromatic rings. The van der Waals surface area contributed by atoms with E-state index in [9.17, 15) is 9.59 Å². The van der Waals surface area contributed by atoms with Gasteiger partial charge in [-0.2, -0.15) is 0 Å². The number of pyridine rings is 1. The van der Waals surface area contributed by atoms with Gasteiger partial charge in [0, 0.05) is 12.7 Å². The third kappa shape index (κ3) is 2.63. The zero-order valence-electron chi connectivity index (χ0n) is 12.8. The summed E-state index contributed by atoms with van der Waals surface area (Å²) in [6.45, 7) is 3.73. The highest BCUT2D eigenvalue weighted by Gasteiger charge is 2.48. The van der Waals surface area contributed by atoms with Crippen LogP contribution in [0.1, 0.15) is 26.7 Å².